The molecule has 0 fully saturated rings. The lowest BCUT2D eigenvalue weighted by atomic mass is 10.5. The van der Waals surface area contributed by atoms with Crippen LogP contribution in [0.25, 0.3) is 0 Å². The zero-order valence-electron chi connectivity index (χ0n) is 14.3. The van der Waals surface area contributed by atoms with E-state index in [0.717, 1.165) is 5.75 Å². The highest BCUT2D eigenvalue weighted by atomic mass is 35.5. The molecule has 0 radical (unpaired) electrons. The van der Waals surface area contributed by atoms with Crippen LogP contribution in [-0.4, -0.2) is 56.1 Å². The summed E-state index contributed by atoms with van der Waals surface area (Å²) in [5.41, 5.74) is 0. The summed E-state index contributed by atoms with van der Waals surface area (Å²) in [7, 11) is -0.108. The molecule has 0 unspecified atom stereocenters. The van der Waals surface area contributed by atoms with Crippen LogP contribution in [0.3, 0.4) is 0 Å². The van der Waals surface area contributed by atoms with Gasteiger partial charge in [0, 0.05) is 6.20 Å². The Morgan fingerprint density at radius 1 is 1.26 bits per heavy atom. The fraction of sp³-hybridized carbons (Fsp3) is 0.286. The number of hydrogen-bond acceptors (Lipinski definition) is 9. The fourth-order valence-electron chi connectivity index (χ4n) is 1.44. The predicted octanol–water partition coefficient (Wildman–Crippen LogP) is 1.79. The van der Waals surface area contributed by atoms with Gasteiger partial charge in [0.1, 0.15) is 12.4 Å². The molecule has 11 nitrogen and oxygen atoms in total. The largest absolute Gasteiger partial charge is 0.491 e. The average Bonchev–Trinajstić information content (AvgIpc) is 2.66. The molecule has 2 aromatic heterocycles. The number of rotatable bonds is 6. The average molecular weight is 418 g/mol. The first-order chi connectivity index (χ1) is 13.0. The van der Waals surface area contributed by atoms with Gasteiger partial charge in [-0.25, -0.2) is 4.79 Å². The molecule has 0 spiro atoms. The van der Waals surface area contributed by atoms with Gasteiger partial charge in [-0.05, 0) is 12.1 Å². The van der Waals surface area contributed by atoms with Gasteiger partial charge in [0.05, 0.1) is 32.4 Å². The van der Waals surface area contributed by atoms with Crippen molar-refractivity contribution in [2.45, 2.75) is 0 Å². The van der Waals surface area contributed by atoms with Gasteiger partial charge in [0.15, 0.2) is 0 Å². The highest BCUT2D eigenvalue weighted by molar-refractivity contribution is 7.62. The van der Waals surface area contributed by atoms with Crippen LogP contribution in [-0.2, 0) is 10.5 Å². The maximum atomic E-state index is 11.0. The Morgan fingerprint density at radius 2 is 1.93 bits per heavy atom. The maximum absolute atomic E-state index is 11.0. The molecular weight excluding hydrogens is 402 g/mol. The van der Waals surface area contributed by atoms with Gasteiger partial charge >= 0.3 is 16.5 Å². The van der Waals surface area contributed by atoms with E-state index in [1.165, 1.54) is 20.3 Å². The van der Waals surface area contributed by atoms with Crippen molar-refractivity contribution in [3.63, 3.8) is 0 Å². The minimum atomic E-state index is -2.84. The van der Waals surface area contributed by atoms with E-state index in [2.05, 4.69) is 19.3 Å². The molecule has 0 atom stereocenters. The molecule has 0 bridgehead atoms. The summed E-state index contributed by atoms with van der Waals surface area (Å²) < 4.78 is 37.8. The van der Waals surface area contributed by atoms with Crippen LogP contribution in [0.4, 0.5) is 10.7 Å². The summed E-state index contributed by atoms with van der Waals surface area (Å²) in [5, 5.41) is 2.04. The number of nitrogens with zero attached hydrogens (tertiary/aromatic N) is 4. The van der Waals surface area contributed by atoms with Gasteiger partial charge in [0.2, 0.25) is 17.7 Å². The maximum Gasteiger partial charge on any atom is 0.362 e. The van der Waals surface area contributed by atoms with Gasteiger partial charge in [-0.2, -0.15) is 18.4 Å². The van der Waals surface area contributed by atoms with Gasteiger partial charge in [-0.3, -0.25) is 10.3 Å². The summed E-state index contributed by atoms with van der Waals surface area (Å²) in [6, 6.07) is 3.94. The van der Waals surface area contributed by atoms with Gasteiger partial charge in [-0.1, -0.05) is 4.36 Å². The van der Waals surface area contributed by atoms with E-state index in [1.807, 2.05) is 17.4 Å². The minimum absolute atomic E-state index is 0.149. The number of pyridine rings is 1. The number of urea groups is 1. The Hall–Kier alpha value is -2.99. The number of nitrogens with one attached hydrogen (secondary N) is 1. The van der Waals surface area contributed by atoms with E-state index < -0.39 is 16.5 Å². The molecule has 2 heterocycles. The standard InChI is InChI=1S/C7H8ClNO.C7H8N4O5S/c8-3-5-10-7-2-1-4-9-6-7;1-15-4-3-5(16-2)9-6(8-4)10-7(12)11-17(13)14/h1-2,4,6H,3,5H2;3H,1-2H3,(H,8,9,10,12). The van der Waals surface area contributed by atoms with Crippen LogP contribution < -0.4 is 19.5 Å². The number of amides is 2. The van der Waals surface area contributed by atoms with Crippen molar-refractivity contribution < 1.29 is 27.4 Å². The van der Waals surface area contributed by atoms with Crippen LogP contribution in [0, 0.1) is 0 Å². The summed E-state index contributed by atoms with van der Waals surface area (Å²) in [4.78, 5) is 22.3. The van der Waals surface area contributed by atoms with Crippen molar-refractivity contribution in [2.24, 2.45) is 4.36 Å². The van der Waals surface area contributed by atoms with Crippen molar-refractivity contribution in [2.75, 3.05) is 32.0 Å². The zero-order chi connectivity index (χ0) is 20.1. The molecule has 2 rings (SSSR count). The van der Waals surface area contributed by atoms with Crippen molar-refractivity contribution >= 4 is 34.1 Å². The first kappa shape index (κ1) is 22.1. The number of halogens is 1. The Bertz CT molecular complexity index is 835. The van der Waals surface area contributed by atoms with Crippen molar-refractivity contribution in [1.29, 1.82) is 0 Å². The molecule has 2 aromatic rings. The van der Waals surface area contributed by atoms with E-state index in [9.17, 15) is 13.2 Å². The molecule has 0 aromatic carbocycles. The summed E-state index contributed by atoms with van der Waals surface area (Å²) >= 11 is 5.41. The normalized spacial score (nSPS) is 9.30. The van der Waals surface area contributed by atoms with Crippen LogP contribution in [0.5, 0.6) is 17.5 Å². The van der Waals surface area contributed by atoms with E-state index in [-0.39, 0.29) is 17.7 Å². The van der Waals surface area contributed by atoms with E-state index in [1.54, 1.807) is 12.4 Å². The SMILES string of the molecule is COc1cc(OC)nc(NC(=O)N=S(=O)=O)n1.ClCCOc1cccnc1. The van der Waals surface area contributed by atoms with Gasteiger partial charge < -0.3 is 14.2 Å². The smallest absolute Gasteiger partial charge is 0.362 e. The number of carbonyl (C=O) groups excluding carboxylic acids is 1. The van der Waals surface area contributed by atoms with E-state index >= 15 is 0 Å². The second-order valence-electron chi connectivity index (χ2n) is 4.24. The van der Waals surface area contributed by atoms with E-state index in [0.29, 0.717) is 12.5 Å². The van der Waals surface area contributed by atoms with Crippen LogP contribution in [0.1, 0.15) is 0 Å². The Kier molecular flexibility index (Phi) is 10.1. The van der Waals surface area contributed by atoms with Gasteiger partial charge in [0.25, 0.3) is 0 Å². The van der Waals surface area contributed by atoms with E-state index in [4.69, 9.17) is 25.8 Å². The quantitative estimate of drug-likeness (QED) is 0.695. The lowest BCUT2D eigenvalue weighted by molar-refractivity contribution is 0.259. The monoisotopic (exact) mass is 417 g/mol. The Balaban J connectivity index is 0.000000309. The number of carbonyl (C=O) groups is 1. The number of ether oxygens (including phenoxy) is 3. The lowest BCUT2D eigenvalue weighted by Crippen LogP contribution is -2.10. The number of methoxy groups -OCH3 is 2. The first-order valence-corrected chi connectivity index (χ1v) is 8.73. The molecule has 2 amide bonds. The third-order valence-corrected chi connectivity index (χ3v) is 2.92. The molecular formula is C14H16ClN5O6S. The number of alkyl halides is 1. The molecule has 27 heavy (non-hydrogen) atoms. The summed E-state index contributed by atoms with van der Waals surface area (Å²) in [6.45, 7) is 0.535. The topological polar surface area (TPSA) is 142 Å². The van der Waals surface area contributed by atoms with Crippen molar-refractivity contribution in [3.05, 3.63) is 30.6 Å². The second kappa shape index (κ2) is 12.4. The molecule has 146 valence electrons. The third-order valence-electron chi connectivity index (χ3n) is 2.45. The van der Waals surface area contributed by atoms with Crippen molar-refractivity contribution in [1.82, 2.24) is 15.0 Å². The van der Waals surface area contributed by atoms with Crippen LogP contribution >= 0.6 is 11.6 Å². The molecule has 0 saturated heterocycles. The highest BCUT2D eigenvalue weighted by Crippen LogP contribution is 2.17. The predicted molar refractivity (Wildman–Crippen MR) is 96.0 cm³/mol. The molecule has 0 aliphatic carbocycles. The molecule has 0 aliphatic heterocycles. The molecule has 0 aliphatic rings. The second-order valence-corrected chi connectivity index (χ2v) is 5.24. The summed E-state index contributed by atoms with van der Waals surface area (Å²) in [6.07, 6.45) is 3.36. The fourth-order valence-corrected chi connectivity index (χ4v) is 1.70. The number of anilines is 1. The minimum Gasteiger partial charge on any atom is -0.491 e. The van der Waals surface area contributed by atoms with Gasteiger partial charge in [-0.15, -0.1) is 11.6 Å². The Morgan fingerprint density at radius 3 is 2.41 bits per heavy atom. The number of aromatic nitrogens is 3. The zero-order valence-corrected chi connectivity index (χ0v) is 15.9. The first-order valence-electron chi connectivity index (χ1n) is 7.16. The molecule has 0 saturated carbocycles. The van der Waals surface area contributed by atoms with Crippen LogP contribution in [0.15, 0.2) is 35.0 Å². The Labute approximate surface area is 161 Å². The molecule has 1 N–H and O–H groups in total. The number of hydrogen-bond donors (Lipinski definition) is 1. The third kappa shape index (κ3) is 9.32. The van der Waals surface area contributed by atoms with Crippen molar-refractivity contribution in [3.8, 4) is 17.5 Å². The summed E-state index contributed by atoms with van der Waals surface area (Å²) in [5.74, 6) is 1.39. The highest BCUT2D eigenvalue weighted by Gasteiger charge is 2.08. The lowest BCUT2D eigenvalue weighted by Gasteiger charge is -2.05. The molecule has 13 heteroatoms. The van der Waals surface area contributed by atoms with Crippen LogP contribution in [0.2, 0.25) is 0 Å².